The van der Waals surface area contributed by atoms with E-state index in [1.165, 1.54) is 28.6 Å². The van der Waals surface area contributed by atoms with E-state index in [1.807, 2.05) is 6.92 Å². The van der Waals surface area contributed by atoms with Gasteiger partial charge in [-0.15, -0.1) is 11.3 Å². The molecule has 2 aromatic rings. The van der Waals surface area contributed by atoms with Gasteiger partial charge >= 0.3 is 0 Å². The van der Waals surface area contributed by atoms with Crippen LogP contribution in [0.2, 0.25) is 0 Å². The minimum absolute atomic E-state index is 0.0788. The summed E-state index contributed by atoms with van der Waals surface area (Å²) in [5.41, 5.74) is 1.23. The van der Waals surface area contributed by atoms with Crippen molar-refractivity contribution >= 4 is 39.2 Å². The van der Waals surface area contributed by atoms with Crippen LogP contribution >= 0.6 is 23.1 Å². The third-order valence-corrected chi connectivity index (χ3v) is 5.63. The summed E-state index contributed by atoms with van der Waals surface area (Å²) in [6.07, 6.45) is 3.37. The number of nitrogens with zero attached hydrogens (tertiary/aromatic N) is 2. The molecule has 0 saturated carbocycles. The second kappa shape index (κ2) is 7.92. The van der Waals surface area contributed by atoms with Gasteiger partial charge in [-0.25, -0.2) is 9.97 Å². The molecule has 0 spiro atoms. The van der Waals surface area contributed by atoms with E-state index in [0.29, 0.717) is 5.75 Å². The largest absolute Gasteiger partial charge is 0.355 e. The Morgan fingerprint density at radius 2 is 2.00 bits per heavy atom. The molecule has 1 amide bonds. The predicted octanol–water partition coefficient (Wildman–Crippen LogP) is 4.02. The number of nitrogens with one attached hydrogen (secondary N) is 1. The van der Waals surface area contributed by atoms with Crippen LogP contribution in [0.5, 0.6) is 0 Å². The standard InChI is InChI=1S/C16H23N3OS2/c1-5-6-7-8-17-13(20)9-21-15-14-10(2)11(3)22-16(14)19-12(4)18-15/h5-9H2,1-4H3,(H,17,20). The molecule has 0 unspecified atom stereocenters. The van der Waals surface area contributed by atoms with Gasteiger partial charge in [-0.3, -0.25) is 4.79 Å². The summed E-state index contributed by atoms with van der Waals surface area (Å²) in [6.45, 7) is 9.03. The van der Waals surface area contributed by atoms with Crippen molar-refractivity contribution in [1.82, 2.24) is 15.3 Å². The van der Waals surface area contributed by atoms with Gasteiger partial charge in [0.25, 0.3) is 0 Å². The first-order valence-corrected chi connectivity index (χ1v) is 9.47. The number of carbonyl (C=O) groups excluding carboxylic acids is 1. The van der Waals surface area contributed by atoms with Crippen molar-refractivity contribution in [2.24, 2.45) is 0 Å². The van der Waals surface area contributed by atoms with Crippen molar-refractivity contribution < 1.29 is 4.79 Å². The van der Waals surface area contributed by atoms with Gasteiger partial charge in [0.2, 0.25) is 5.91 Å². The van der Waals surface area contributed by atoms with Crippen molar-refractivity contribution in [2.75, 3.05) is 12.3 Å². The summed E-state index contributed by atoms with van der Waals surface area (Å²) in [5.74, 6) is 1.25. The fourth-order valence-corrected chi connectivity index (χ4v) is 4.31. The monoisotopic (exact) mass is 337 g/mol. The summed E-state index contributed by atoms with van der Waals surface area (Å²) in [4.78, 5) is 23.2. The Morgan fingerprint density at radius 3 is 2.73 bits per heavy atom. The third-order valence-electron chi connectivity index (χ3n) is 3.55. The Bertz CT molecular complexity index is 667. The molecule has 2 rings (SSSR count). The minimum Gasteiger partial charge on any atom is -0.355 e. The van der Waals surface area contributed by atoms with Gasteiger partial charge in [-0.05, 0) is 32.8 Å². The molecule has 6 heteroatoms. The predicted molar refractivity (Wildman–Crippen MR) is 94.9 cm³/mol. The highest BCUT2D eigenvalue weighted by molar-refractivity contribution is 8.00. The van der Waals surface area contributed by atoms with Gasteiger partial charge in [0.15, 0.2) is 0 Å². The van der Waals surface area contributed by atoms with Crippen molar-refractivity contribution in [2.45, 2.75) is 52.0 Å². The highest BCUT2D eigenvalue weighted by Gasteiger charge is 2.14. The van der Waals surface area contributed by atoms with E-state index in [1.54, 1.807) is 11.3 Å². The average molecular weight is 338 g/mol. The molecule has 0 aliphatic carbocycles. The number of aromatic nitrogens is 2. The Hall–Kier alpha value is -1.14. The van der Waals surface area contributed by atoms with E-state index in [4.69, 9.17) is 0 Å². The molecule has 0 saturated heterocycles. The van der Waals surface area contributed by atoms with Gasteiger partial charge < -0.3 is 5.32 Å². The molecule has 22 heavy (non-hydrogen) atoms. The lowest BCUT2D eigenvalue weighted by atomic mass is 10.2. The van der Waals surface area contributed by atoms with E-state index in [-0.39, 0.29) is 5.91 Å². The summed E-state index contributed by atoms with van der Waals surface area (Å²) in [5, 5.41) is 5.00. The van der Waals surface area contributed by atoms with Crippen LogP contribution in [0.3, 0.4) is 0 Å². The van der Waals surface area contributed by atoms with Crippen molar-refractivity contribution in [3.05, 3.63) is 16.3 Å². The molecule has 0 fully saturated rings. The highest BCUT2D eigenvalue weighted by Crippen LogP contribution is 2.34. The smallest absolute Gasteiger partial charge is 0.230 e. The summed E-state index contributed by atoms with van der Waals surface area (Å²) < 4.78 is 0. The average Bonchev–Trinajstić information content (AvgIpc) is 2.76. The zero-order chi connectivity index (χ0) is 16.1. The van der Waals surface area contributed by atoms with E-state index in [0.717, 1.165) is 40.5 Å². The number of hydrogen-bond donors (Lipinski definition) is 1. The van der Waals surface area contributed by atoms with Crippen molar-refractivity contribution in [1.29, 1.82) is 0 Å². The number of thiophene rings is 1. The van der Waals surface area contributed by atoms with Gasteiger partial charge in [0.1, 0.15) is 15.7 Å². The van der Waals surface area contributed by atoms with Crippen molar-refractivity contribution in [3.8, 4) is 0 Å². The number of fused-ring (bicyclic) bond motifs is 1. The molecule has 2 heterocycles. The Kier molecular flexibility index (Phi) is 6.20. The normalized spacial score (nSPS) is 11.1. The molecule has 1 N–H and O–H groups in total. The van der Waals surface area contributed by atoms with E-state index in [9.17, 15) is 4.79 Å². The molecule has 0 atom stereocenters. The van der Waals surface area contributed by atoms with Crippen LogP contribution in [0.25, 0.3) is 10.2 Å². The number of amides is 1. The molecule has 4 nitrogen and oxygen atoms in total. The second-order valence-corrected chi connectivity index (χ2v) is 7.55. The van der Waals surface area contributed by atoms with E-state index in [2.05, 4.69) is 36.1 Å². The first-order chi connectivity index (χ1) is 10.5. The lowest BCUT2D eigenvalue weighted by Crippen LogP contribution is -2.26. The number of thioether (sulfide) groups is 1. The van der Waals surface area contributed by atoms with E-state index < -0.39 is 0 Å². The molecule has 0 bridgehead atoms. The van der Waals surface area contributed by atoms with E-state index >= 15 is 0 Å². The zero-order valence-corrected chi connectivity index (χ0v) is 15.3. The first kappa shape index (κ1) is 17.2. The molecule has 0 aliphatic heterocycles. The first-order valence-electron chi connectivity index (χ1n) is 7.66. The highest BCUT2D eigenvalue weighted by atomic mass is 32.2. The maximum Gasteiger partial charge on any atom is 0.230 e. The molecule has 2 aromatic heterocycles. The minimum atomic E-state index is 0.0788. The number of aryl methyl sites for hydroxylation is 3. The van der Waals surface area contributed by atoms with Gasteiger partial charge in [0, 0.05) is 16.8 Å². The van der Waals surface area contributed by atoms with Crippen LogP contribution in [0.1, 0.15) is 42.5 Å². The lowest BCUT2D eigenvalue weighted by Gasteiger charge is -2.06. The number of unbranched alkanes of at least 4 members (excludes halogenated alkanes) is 2. The molecule has 120 valence electrons. The van der Waals surface area contributed by atoms with Crippen LogP contribution < -0.4 is 5.32 Å². The number of carbonyl (C=O) groups is 1. The van der Waals surface area contributed by atoms with Crippen LogP contribution in [0.4, 0.5) is 0 Å². The quantitative estimate of drug-likeness (QED) is 0.471. The fourth-order valence-electron chi connectivity index (χ4n) is 2.21. The van der Waals surface area contributed by atoms with Crippen LogP contribution in [0, 0.1) is 20.8 Å². The summed E-state index contributed by atoms with van der Waals surface area (Å²) in [6, 6.07) is 0. The summed E-state index contributed by atoms with van der Waals surface area (Å²) >= 11 is 3.20. The second-order valence-electron chi connectivity index (χ2n) is 5.39. The van der Waals surface area contributed by atoms with Crippen molar-refractivity contribution in [3.63, 3.8) is 0 Å². The third kappa shape index (κ3) is 4.20. The topological polar surface area (TPSA) is 54.9 Å². The Morgan fingerprint density at radius 1 is 1.23 bits per heavy atom. The lowest BCUT2D eigenvalue weighted by molar-refractivity contribution is -0.118. The Balaban J connectivity index is 2.03. The number of hydrogen-bond acceptors (Lipinski definition) is 5. The number of rotatable bonds is 7. The SMILES string of the molecule is CCCCCNC(=O)CSc1nc(C)nc2sc(C)c(C)c12. The van der Waals surface area contributed by atoms with Gasteiger partial charge in [-0.2, -0.15) is 0 Å². The molecule has 0 aromatic carbocycles. The van der Waals surface area contributed by atoms with Crippen LogP contribution in [0.15, 0.2) is 5.03 Å². The Labute approximate surface area is 140 Å². The molecule has 0 aliphatic rings. The molecular weight excluding hydrogens is 314 g/mol. The molecular formula is C16H23N3OS2. The van der Waals surface area contributed by atoms with Crippen LogP contribution in [-0.4, -0.2) is 28.2 Å². The van der Waals surface area contributed by atoms with Gasteiger partial charge in [0.05, 0.1) is 5.75 Å². The van der Waals surface area contributed by atoms with Gasteiger partial charge in [-0.1, -0.05) is 31.5 Å². The van der Waals surface area contributed by atoms with Crippen LogP contribution in [-0.2, 0) is 4.79 Å². The maximum absolute atomic E-state index is 11.9. The summed E-state index contributed by atoms with van der Waals surface area (Å²) in [7, 11) is 0. The zero-order valence-electron chi connectivity index (χ0n) is 13.7. The fraction of sp³-hybridized carbons (Fsp3) is 0.562. The molecule has 0 radical (unpaired) electrons. The maximum atomic E-state index is 11.9.